The van der Waals surface area contributed by atoms with Gasteiger partial charge >= 0.3 is 7.12 Å². The molecule has 1 aliphatic heterocycles. The highest BCUT2D eigenvalue weighted by Crippen LogP contribution is 2.43. The van der Waals surface area contributed by atoms with Crippen LogP contribution in [0, 0.1) is 27.7 Å². The Kier molecular flexibility index (Phi) is 12.7. The molecule has 17 rings (SSSR count). The molecule has 0 spiro atoms. The minimum atomic E-state index is -0.357. The molecule has 0 atom stereocenters. The summed E-state index contributed by atoms with van der Waals surface area (Å²) in [5.74, 6) is 0. The molecule has 0 saturated carbocycles. The Hall–Kier alpha value is -9.37. The molecular weight excluding hydrogens is 1070 g/mol. The maximum absolute atomic E-state index is 6.30. The summed E-state index contributed by atoms with van der Waals surface area (Å²) in [5, 5.41) is 20.8. The van der Waals surface area contributed by atoms with Gasteiger partial charge in [0.1, 0.15) is 0 Å². The van der Waals surface area contributed by atoms with Crippen LogP contribution >= 0.6 is 11.6 Å². The lowest BCUT2D eigenvalue weighted by atomic mass is 9.77. The van der Waals surface area contributed by atoms with Gasteiger partial charge in [-0.25, -0.2) is 0 Å². The van der Waals surface area contributed by atoms with E-state index in [-0.39, 0.29) is 18.3 Å². The fraction of sp³-hybridized carbons (Fsp3) is 0.128. The van der Waals surface area contributed by atoms with E-state index < -0.39 is 0 Å². The van der Waals surface area contributed by atoms with Gasteiger partial charge in [0, 0.05) is 44.3 Å². The van der Waals surface area contributed by atoms with E-state index in [2.05, 4.69) is 239 Å². The van der Waals surface area contributed by atoms with Crippen LogP contribution in [0.15, 0.2) is 218 Å². The van der Waals surface area contributed by atoms with Crippen LogP contribution in [-0.2, 0) is 9.31 Å². The number of aromatic nitrogens is 4. The summed E-state index contributed by atoms with van der Waals surface area (Å²) in [6.45, 7) is 16.4. The van der Waals surface area contributed by atoms with Gasteiger partial charge in [-0.3, -0.25) is 19.9 Å². The molecule has 4 aromatic heterocycles. The Labute approximate surface area is 504 Å². The highest BCUT2D eigenvalue weighted by molar-refractivity contribution is 6.62. The van der Waals surface area contributed by atoms with Gasteiger partial charge < -0.3 is 9.31 Å². The molecule has 0 bridgehead atoms. The van der Waals surface area contributed by atoms with Crippen LogP contribution in [0.25, 0.3) is 142 Å². The second-order valence-corrected chi connectivity index (χ2v) is 24.7. The summed E-state index contributed by atoms with van der Waals surface area (Å²) in [4.78, 5) is 18.9. The largest absolute Gasteiger partial charge is 0.494 e. The summed E-state index contributed by atoms with van der Waals surface area (Å²) in [6.07, 6.45) is 0. The second-order valence-electron chi connectivity index (χ2n) is 24.3. The van der Waals surface area contributed by atoms with Crippen molar-refractivity contribution in [2.75, 3.05) is 0 Å². The van der Waals surface area contributed by atoms with Crippen molar-refractivity contribution in [2.45, 2.75) is 66.6 Å². The lowest BCUT2D eigenvalue weighted by Crippen LogP contribution is -2.41. The van der Waals surface area contributed by atoms with Crippen LogP contribution in [0.5, 0.6) is 0 Å². The molecule has 86 heavy (non-hydrogen) atoms. The van der Waals surface area contributed by atoms with Crippen molar-refractivity contribution < 1.29 is 9.31 Å². The Bertz CT molecular complexity index is 5360. The van der Waals surface area contributed by atoms with E-state index in [4.69, 9.17) is 30.9 Å². The molecule has 5 heterocycles. The lowest BCUT2D eigenvalue weighted by Gasteiger charge is -2.32. The summed E-state index contributed by atoms with van der Waals surface area (Å²) >= 11 is 6.23. The van der Waals surface area contributed by atoms with Gasteiger partial charge in [-0.05, 0) is 189 Å². The molecule has 1 aliphatic rings. The number of fused-ring (bicyclic) bond motifs is 6. The summed E-state index contributed by atoms with van der Waals surface area (Å²) in [6, 6.07) is 78.4. The third kappa shape index (κ3) is 9.04. The number of pyridine rings is 4. The molecule has 0 N–H and O–H groups in total. The summed E-state index contributed by atoms with van der Waals surface area (Å²) in [7, 11) is -0.357. The average molecular weight is 1130 g/mol. The van der Waals surface area contributed by atoms with Crippen LogP contribution in [-0.4, -0.2) is 38.3 Å². The molecular formula is C78H60BClN4O2. The molecule has 1 saturated heterocycles. The Morgan fingerprint density at radius 1 is 0.314 bits per heavy atom. The first-order valence-electron chi connectivity index (χ1n) is 29.5. The van der Waals surface area contributed by atoms with E-state index in [0.717, 1.165) is 76.9 Å². The first-order chi connectivity index (χ1) is 41.6. The first kappa shape index (κ1) is 53.4. The summed E-state index contributed by atoms with van der Waals surface area (Å²) < 4.78 is 12.6. The van der Waals surface area contributed by atoms with Crippen molar-refractivity contribution in [3.63, 3.8) is 0 Å². The molecule has 414 valence electrons. The van der Waals surface area contributed by atoms with Gasteiger partial charge in [-0.15, -0.1) is 0 Å². The zero-order valence-corrected chi connectivity index (χ0v) is 50.1. The molecule has 0 radical (unpaired) electrons. The van der Waals surface area contributed by atoms with Crippen LogP contribution in [0.3, 0.4) is 0 Å². The third-order valence-corrected chi connectivity index (χ3v) is 18.3. The van der Waals surface area contributed by atoms with E-state index in [1.54, 1.807) is 0 Å². The van der Waals surface area contributed by atoms with Crippen molar-refractivity contribution in [1.29, 1.82) is 0 Å². The predicted octanol–water partition coefficient (Wildman–Crippen LogP) is 20.2. The number of hydrogen-bond acceptors (Lipinski definition) is 6. The predicted molar refractivity (Wildman–Crippen MR) is 364 cm³/mol. The molecule has 0 aliphatic carbocycles. The Morgan fingerprint density at radius 2 is 0.686 bits per heavy atom. The maximum Gasteiger partial charge on any atom is 0.494 e. The number of rotatable bonds is 4. The number of hydrogen-bond donors (Lipinski definition) is 0. The summed E-state index contributed by atoms with van der Waals surface area (Å²) in [5.41, 5.74) is 15.3. The zero-order valence-electron chi connectivity index (χ0n) is 49.3. The smallest absolute Gasteiger partial charge is 0.399 e. The Morgan fingerprint density at radius 3 is 1.22 bits per heavy atom. The molecule has 12 aromatic carbocycles. The molecule has 16 aromatic rings. The van der Waals surface area contributed by atoms with E-state index in [0.29, 0.717) is 0 Å². The zero-order chi connectivity index (χ0) is 58.8. The minimum Gasteiger partial charge on any atom is -0.399 e. The molecule has 6 nitrogen and oxygen atoms in total. The van der Waals surface area contributed by atoms with Gasteiger partial charge in [0.05, 0.1) is 38.3 Å². The van der Waals surface area contributed by atoms with Crippen LogP contribution in [0.4, 0.5) is 0 Å². The monoisotopic (exact) mass is 1130 g/mol. The van der Waals surface area contributed by atoms with E-state index in [1.807, 2.05) is 45.0 Å². The van der Waals surface area contributed by atoms with Crippen LogP contribution in [0.2, 0.25) is 5.02 Å². The number of aryl methyl sites for hydroxylation is 4. The topological polar surface area (TPSA) is 70.0 Å². The number of halogens is 1. The second kappa shape index (κ2) is 20.4. The van der Waals surface area contributed by atoms with Crippen molar-refractivity contribution in [1.82, 2.24) is 19.9 Å². The fourth-order valence-electron chi connectivity index (χ4n) is 13.0. The maximum atomic E-state index is 6.30. The van der Waals surface area contributed by atoms with E-state index in [9.17, 15) is 0 Å². The van der Waals surface area contributed by atoms with Gasteiger partial charge in [0.25, 0.3) is 0 Å². The first-order valence-corrected chi connectivity index (χ1v) is 29.9. The lowest BCUT2D eigenvalue weighted by molar-refractivity contribution is 0.00578. The fourth-order valence-corrected chi connectivity index (χ4v) is 13.4. The molecule has 8 heteroatoms. The van der Waals surface area contributed by atoms with E-state index in [1.165, 1.54) is 98.0 Å². The van der Waals surface area contributed by atoms with Gasteiger partial charge in [0.15, 0.2) is 0 Å². The SMILES string of the molecule is CC1(C)OB(c2cccc(-c3ccc4ccc5cccc6ccc3c4c56)c2)OC1(C)C.Cc1ccc2ccc3c(-c4cccc(-c5ccc6ccc7cccc8ccc5c6c78)c4)cc(C)nc3c2n1.Cc1ccc2ccc3c(Cl)cc(C)nc3c2n1. The highest BCUT2D eigenvalue weighted by atomic mass is 35.5. The quantitative estimate of drug-likeness (QED) is 0.129. The normalized spacial score (nSPS) is 13.9. The van der Waals surface area contributed by atoms with Crippen molar-refractivity contribution >= 4 is 132 Å². The van der Waals surface area contributed by atoms with E-state index >= 15 is 0 Å². The highest BCUT2D eigenvalue weighted by Gasteiger charge is 2.51. The molecule has 0 amide bonds. The van der Waals surface area contributed by atoms with Gasteiger partial charge in [-0.2, -0.15) is 0 Å². The van der Waals surface area contributed by atoms with Crippen LogP contribution in [0.1, 0.15) is 50.5 Å². The molecule has 0 unspecified atom stereocenters. The van der Waals surface area contributed by atoms with Gasteiger partial charge in [-0.1, -0.05) is 200 Å². The van der Waals surface area contributed by atoms with Crippen molar-refractivity contribution in [3.8, 4) is 33.4 Å². The third-order valence-electron chi connectivity index (χ3n) is 18.0. The standard InChI is InChI=1S/C36H24N2.C28H25BO2.C14H11ClN2/c1-21-9-10-26-15-18-31-32(19-22(2)38-36(31)35(26)37-21)28-8-4-7-27(20-28)29-16-13-25-12-11-23-5-3-6-24-14-17-30(29)34(25)33(23)24;1-27(2)28(3,4)31-29(30-27)22-10-6-9-21(17-22)23-15-13-20-12-11-18-7-5-8-19-14-16-24(23)26(20)25(18)19;1-8-3-4-10-5-6-11-12(15)7-9(2)17-14(11)13(10)16-8/h3-20H,1-2H3;5-17H,1-4H3;3-7H,1-2H3. The van der Waals surface area contributed by atoms with Crippen molar-refractivity contribution in [2.24, 2.45) is 0 Å². The van der Waals surface area contributed by atoms with Gasteiger partial charge in [0.2, 0.25) is 0 Å². The minimum absolute atomic E-state index is 0.347. The number of nitrogens with zero attached hydrogens (tertiary/aromatic N) is 4. The molecule has 1 fully saturated rings. The van der Waals surface area contributed by atoms with Crippen molar-refractivity contribution in [3.05, 3.63) is 246 Å². The number of benzene rings is 12. The van der Waals surface area contributed by atoms with Crippen LogP contribution < -0.4 is 5.46 Å². The average Bonchev–Trinajstić information content (AvgIpc) is 1.44. The Balaban J connectivity index is 0.000000117.